The summed E-state index contributed by atoms with van der Waals surface area (Å²) >= 11 is 0. The summed E-state index contributed by atoms with van der Waals surface area (Å²) in [6.07, 6.45) is 0.803. The maximum Gasteiger partial charge on any atom is 0.225 e. The Kier molecular flexibility index (Phi) is 6.73. The summed E-state index contributed by atoms with van der Waals surface area (Å²) in [6, 6.07) is 9.87. The molecule has 1 unspecified atom stereocenters. The van der Waals surface area contributed by atoms with Crippen LogP contribution in [0.2, 0.25) is 0 Å². The Balaban J connectivity index is 1.96. The maximum absolute atomic E-state index is 12.3. The molecule has 0 aliphatic heterocycles. The van der Waals surface area contributed by atoms with E-state index in [1.807, 2.05) is 55.9 Å². The van der Waals surface area contributed by atoms with Crippen LogP contribution in [0.15, 0.2) is 30.3 Å². The predicted octanol–water partition coefficient (Wildman–Crippen LogP) is 2.52. The highest BCUT2D eigenvalue weighted by atomic mass is 16.3. The molecule has 1 heterocycles. The first-order valence-corrected chi connectivity index (χ1v) is 8.66. The first-order valence-electron chi connectivity index (χ1n) is 8.66. The lowest BCUT2D eigenvalue weighted by Gasteiger charge is -2.17. The van der Waals surface area contributed by atoms with Gasteiger partial charge < -0.3 is 15.3 Å². The highest BCUT2D eigenvalue weighted by molar-refractivity contribution is 5.92. The van der Waals surface area contributed by atoms with E-state index in [9.17, 15) is 9.90 Å². The fraction of sp³-hybridized carbons (Fsp3) is 0.474. The van der Waals surface area contributed by atoms with Crippen molar-refractivity contribution in [2.24, 2.45) is 0 Å². The molecule has 0 spiro atoms. The van der Waals surface area contributed by atoms with Gasteiger partial charge in [0.05, 0.1) is 28.9 Å². The number of carbonyl (C=O) groups is 1. The van der Waals surface area contributed by atoms with E-state index in [1.54, 1.807) is 6.92 Å². The zero-order valence-electron chi connectivity index (χ0n) is 15.5. The quantitative estimate of drug-likeness (QED) is 0.772. The number of hydrogen-bond donors (Lipinski definition) is 2. The van der Waals surface area contributed by atoms with Crippen molar-refractivity contribution in [2.45, 2.75) is 39.7 Å². The number of aryl methyl sites for hydroxylation is 1. The minimum atomic E-state index is -0.314. The van der Waals surface area contributed by atoms with Crippen LogP contribution in [0.25, 0.3) is 5.69 Å². The van der Waals surface area contributed by atoms with Crippen LogP contribution in [0.5, 0.6) is 0 Å². The second kappa shape index (κ2) is 8.78. The number of aromatic nitrogens is 2. The van der Waals surface area contributed by atoms with E-state index >= 15 is 0 Å². The number of anilines is 1. The van der Waals surface area contributed by atoms with Gasteiger partial charge in [-0.3, -0.25) is 4.79 Å². The summed E-state index contributed by atoms with van der Waals surface area (Å²) < 4.78 is 1.85. The number of rotatable bonds is 8. The first-order chi connectivity index (χ1) is 11.9. The van der Waals surface area contributed by atoms with Gasteiger partial charge in [-0.2, -0.15) is 5.10 Å². The number of hydrogen-bond acceptors (Lipinski definition) is 4. The zero-order chi connectivity index (χ0) is 18.4. The molecule has 1 atom stereocenters. The molecule has 2 N–H and O–H groups in total. The third kappa shape index (κ3) is 5.41. The lowest BCUT2D eigenvalue weighted by molar-refractivity contribution is -0.116. The van der Waals surface area contributed by atoms with Gasteiger partial charge in [-0.1, -0.05) is 18.2 Å². The van der Waals surface area contributed by atoms with Gasteiger partial charge in [0.15, 0.2) is 0 Å². The number of para-hydroxylation sites is 1. The van der Waals surface area contributed by atoms with Gasteiger partial charge in [0.2, 0.25) is 5.91 Å². The van der Waals surface area contributed by atoms with Gasteiger partial charge in [0.25, 0.3) is 0 Å². The van der Waals surface area contributed by atoms with Crippen molar-refractivity contribution in [1.29, 1.82) is 0 Å². The molecule has 0 fully saturated rings. The van der Waals surface area contributed by atoms with Crippen molar-refractivity contribution in [3.05, 3.63) is 41.7 Å². The van der Waals surface area contributed by atoms with Crippen LogP contribution in [-0.2, 0) is 4.79 Å². The van der Waals surface area contributed by atoms with Gasteiger partial charge in [0.1, 0.15) is 0 Å². The van der Waals surface area contributed by atoms with Crippen molar-refractivity contribution in [3.63, 3.8) is 0 Å². The summed E-state index contributed by atoms with van der Waals surface area (Å²) in [4.78, 5) is 14.3. The topological polar surface area (TPSA) is 70.4 Å². The lowest BCUT2D eigenvalue weighted by Crippen LogP contribution is -2.27. The highest BCUT2D eigenvalue weighted by Crippen LogP contribution is 2.22. The standard InChI is InChI=1S/C19H28N4O2/c1-14(24)10-12-22(4)13-11-18(25)20-19-15(2)21-23(16(19)3)17-8-6-5-7-9-17/h5-9,14,24H,10-13H2,1-4H3,(H,20,25). The molecule has 25 heavy (non-hydrogen) atoms. The predicted molar refractivity (Wildman–Crippen MR) is 100 cm³/mol. The van der Waals surface area contributed by atoms with Gasteiger partial charge in [-0.25, -0.2) is 4.68 Å². The van der Waals surface area contributed by atoms with E-state index in [1.165, 1.54) is 0 Å². The average Bonchev–Trinajstić information content (AvgIpc) is 2.87. The second-order valence-corrected chi connectivity index (χ2v) is 6.53. The Bertz CT molecular complexity index is 695. The molecule has 136 valence electrons. The molecule has 0 saturated heterocycles. The van der Waals surface area contributed by atoms with Gasteiger partial charge >= 0.3 is 0 Å². The molecule has 6 nitrogen and oxygen atoms in total. The molecule has 0 radical (unpaired) electrons. The minimum absolute atomic E-state index is 0.0253. The van der Waals surface area contributed by atoms with Gasteiger partial charge in [-0.05, 0) is 46.4 Å². The summed E-state index contributed by atoms with van der Waals surface area (Å²) in [5.74, 6) is -0.0253. The third-order valence-electron chi connectivity index (χ3n) is 4.21. The SMILES string of the molecule is Cc1nn(-c2ccccc2)c(C)c1NC(=O)CCN(C)CCC(C)O. The Morgan fingerprint density at radius 3 is 2.60 bits per heavy atom. The van der Waals surface area contributed by atoms with E-state index in [-0.39, 0.29) is 12.0 Å². The number of aliphatic hydroxyl groups is 1. The highest BCUT2D eigenvalue weighted by Gasteiger charge is 2.15. The average molecular weight is 344 g/mol. The van der Waals surface area contributed by atoms with E-state index < -0.39 is 0 Å². The molecule has 0 saturated carbocycles. The molecule has 0 aliphatic rings. The second-order valence-electron chi connectivity index (χ2n) is 6.53. The number of nitrogens with one attached hydrogen (secondary N) is 1. The molecule has 6 heteroatoms. The third-order valence-corrected chi connectivity index (χ3v) is 4.21. The molecule has 2 rings (SSSR count). The van der Waals surface area contributed by atoms with Crippen LogP contribution in [0.1, 0.15) is 31.2 Å². The van der Waals surface area contributed by atoms with Crippen LogP contribution in [0.4, 0.5) is 5.69 Å². The largest absolute Gasteiger partial charge is 0.393 e. The normalized spacial score (nSPS) is 12.4. The van der Waals surface area contributed by atoms with Crippen LogP contribution < -0.4 is 5.32 Å². The molecular weight excluding hydrogens is 316 g/mol. The van der Waals surface area contributed by atoms with Crippen LogP contribution in [0.3, 0.4) is 0 Å². The molecule has 0 bridgehead atoms. The summed E-state index contributed by atoms with van der Waals surface area (Å²) in [7, 11) is 1.96. The van der Waals surface area contributed by atoms with Crippen molar-refractivity contribution in [2.75, 3.05) is 25.5 Å². The molecular formula is C19H28N4O2. The fourth-order valence-electron chi connectivity index (χ4n) is 2.66. The fourth-order valence-corrected chi connectivity index (χ4v) is 2.66. The molecule has 1 aromatic carbocycles. The monoisotopic (exact) mass is 344 g/mol. The van der Waals surface area contributed by atoms with Gasteiger partial charge in [0, 0.05) is 19.5 Å². The summed E-state index contributed by atoms with van der Waals surface area (Å²) in [5.41, 5.74) is 3.47. The van der Waals surface area contributed by atoms with E-state index in [4.69, 9.17) is 0 Å². The molecule has 0 aliphatic carbocycles. The van der Waals surface area contributed by atoms with Gasteiger partial charge in [-0.15, -0.1) is 0 Å². The summed E-state index contributed by atoms with van der Waals surface area (Å²) in [6.45, 7) is 7.06. The maximum atomic E-state index is 12.3. The van der Waals surface area contributed by atoms with Crippen molar-refractivity contribution in [1.82, 2.24) is 14.7 Å². The first kappa shape index (κ1) is 19.1. The lowest BCUT2D eigenvalue weighted by atomic mass is 10.2. The number of carbonyl (C=O) groups excluding carboxylic acids is 1. The molecule has 1 amide bonds. The van der Waals surface area contributed by atoms with Crippen LogP contribution in [-0.4, -0.2) is 51.9 Å². The Labute approximate surface area is 149 Å². The van der Waals surface area contributed by atoms with E-state index in [0.717, 1.165) is 29.3 Å². The number of aliphatic hydroxyl groups excluding tert-OH is 1. The number of benzene rings is 1. The molecule has 2 aromatic rings. The van der Waals surface area contributed by atoms with Crippen LogP contribution >= 0.6 is 0 Å². The van der Waals surface area contributed by atoms with E-state index in [0.29, 0.717) is 19.4 Å². The Hall–Kier alpha value is -2.18. The Morgan fingerprint density at radius 2 is 1.96 bits per heavy atom. The summed E-state index contributed by atoms with van der Waals surface area (Å²) in [5, 5.41) is 16.8. The Morgan fingerprint density at radius 1 is 1.28 bits per heavy atom. The molecule has 1 aromatic heterocycles. The van der Waals surface area contributed by atoms with Crippen molar-refractivity contribution < 1.29 is 9.90 Å². The van der Waals surface area contributed by atoms with Crippen molar-refractivity contribution in [3.8, 4) is 5.69 Å². The van der Waals surface area contributed by atoms with Crippen LogP contribution in [0, 0.1) is 13.8 Å². The number of nitrogens with zero attached hydrogens (tertiary/aromatic N) is 3. The minimum Gasteiger partial charge on any atom is -0.393 e. The number of amides is 1. The zero-order valence-corrected chi connectivity index (χ0v) is 15.5. The van der Waals surface area contributed by atoms with Crippen molar-refractivity contribution >= 4 is 11.6 Å². The smallest absolute Gasteiger partial charge is 0.225 e. The van der Waals surface area contributed by atoms with E-state index in [2.05, 4.69) is 15.3 Å².